The minimum atomic E-state index is 0.887. The molecule has 2 heteroatoms. The van der Waals surface area contributed by atoms with Crippen molar-refractivity contribution in [1.29, 1.82) is 0 Å². The molecule has 0 aliphatic carbocycles. The molecule has 0 saturated carbocycles. The van der Waals surface area contributed by atoms with Crippen molar-refractivity contribution in [2.45, 2.75) is 0 Å². The number of nitrogens with zero attached hydrogens (tertiary/aromatic N) is 1. The van der Waals surface area contributed by atoms with Crippen LogP contribution < -0.4 is 5.32 Å². The highest BCUT2D eigenvalue weighted by Gasteiger charge is 1.80. The summed E-state index contributed by atoms with van der Waals surface area (Å²) in [7, 11) is 3.87. The maximum atomic E-state index is 3.61. The molecule has 9 heavy (non-hydrogen) atoms. The van der Waals surface area contributed by atoms with Crippen LogP contribution >= 0.6 is 0 Å². The Bertz CT molecular complexity index is 97.1. The van der Waals surface area contributed by atoms with E-state index in [1.54, 1.807) is 0 Å². The third-order valence-electron chi connectivity index (χ3n) is 0.913. The van der Waals surface area contributed by atoms with Crippen LogP contribution in [0, 0.1) is 0 Å². The zero-order valence-corrected chi connectivity index (χ0v) is 6.09. The van der Waals surface area contributed by atoms with E-state index in [1.165, 1.54) is 0 Å². The van der Waals surface area contributed by atoms with Crippen LogP contribution in [-0.4, -0.2) is 25.5 Å². The van der Waals surface area contributed by atoms with Crippen molar-refractivity contribution >= 4 is 0 Å². The molecular formula is C7H14N2. The molecule has 1 N–H and O–H groups in total. The molecule has 0 aromatic heterocycles. The zero-order chi connectivity index (χ0) is 7.11. The Hall–Kier alpha value is -0.920. The van der Waals surface area contributed by atoms with E-state index in [0.717, 1.165) is 6.54 Å². The average molecular weight is 126 g/mol. The first-order valence-corrected chi connectivity index (χ1v) is 2.96. The third-order valence-corrected chi connectivity index (χ3v) is 0.913. The monoisotopic (exact) mass is 126 g/mol. The summed E-state index contributed by atoms with van der Waals surface area (Å²) >= 11 is 0. The van der Waals surface area contributed by atoms with Gasteiger partial charge in [0, 0.05) is 33.0 Å². The maximum Gasteiger partial charge on any atom is 0.0348 e. The second kappa shape index (κ2) is 5.22. The Morgan fingerprint density at radius 3 is 2.78 bits per heavy atom. The van der Waals surface area contributed by atoms with E-state index >= 15 is 0 Å². The molecular weight excluding hydrogens is 112 g/mol. The standard InChI is InChI=1S/C7H14N2/c1-4-6-9(3)7-5-8-2/h4-5,7-8H,1,6H2,2-3H3/b7-5-. The fourth-order valence-corrected chi connectivity index (χ4v) is 0.466. The molecule has 0 aliphatic heterocycles. The minimum absolute atomic E-state index is 0.887. The largest absolute Gasteiger partial charge is 0.393 e. The number of nitrogens with one attached hydrogen (secondary N) is 1. The second-order valence-electron chi connectivity index (χ2n) is 1.83. The summed E-state index contributed by atoms with van der Waals surface area (Å²) in [5, 5.41) is 2.90. The van der Waals surface area contributed by atoms with Gasteiger partial charge in [-0.25, -0.2) is 0 Å². The van der Waals surface area contributed by atoms with Crippen molar-refractivity contribution < 1.29 is 0 Å². The molecule has 0 amide bonds. The predicted octanol–water partition coefficient (Wildman–Crippen LogP) is 0.795. The SMILES string of the molecule is C=CCN(C)/C=C\NC. The summed E-state index contributed by atoms with van der Waals surface area (Å²) < 4.78 is 0. The lowest BCUT2D eigenvalue weighted by molar-refractivity contribution is 0.507. The second-order valence-corrected chi connectivity index (χ2v) is 1.83. The fraction of sp³-hybridized carbons (Fsp3) is 0.429. The lowest BCUT2D eigenvalue weighted by atomic mass is 10.6. The van der Waals surface area contributed by atoms with Crippen LogP contribution in [0.1, 0.15) is 0 Å². The molecule has 0 aromatic carbocycles. The molecule has 0 atom stereocenters. The normalized spacial score (nSPS) is 9.56. The molecule has 0 unspecified atom stereocenters. The molecule has 2 nitrogen and oxygen atoms in total. The molecule has 0 rings (SSSR count). The highest BCUT2D eigenvalue weighted by molar-refractivity contribution is 4.81. The first-order chi connectivity index (χ1) is 4.31. The Labute approximate surface area is 56.9 Å². The molecule has 0 heterocycles. The highest BCUT2D eigenvalue weighted by atomic mass is 15.1. The summed E-state index contributed by atoms with van der Waals surface area (Å²) in [6.45, 7) is 4.50. The predicted molar refractivity (Wildman–Crippen MR) is 41.0 cm³/mol. The number of hydrogen-bond acceptors (Lipinski definition) is 2. The molecule has 0 bridgehead atoms. The Morgan fingerprint density at radius 2 is 2.33 bits per heavy atom. The van der Waals surface area contributed by atoms with Gasteiger partial charge in [0.05, 0.1) is 0 Å². The van der Waals surface area contributed by atoms with E-state index in [2.05, 4.69) is 11.9 Å². The number of likely N-dealkylation sites (N-methyl/N-ethyl adjacent to an activating group) is 1. The van der Waals surface area contributed by atoms with E-state index in [0.29, 0.717) is 0 Å². The summed E-state index contributed by atoms with van der Waals surface area (Å²) in [6.07, 6.45) is 5.70. The smallest absolute Gasteiger partial charge is 0.0348 e. The van der Waals surface area contributed by atoms with Gasteiger partial charge in [-0.15, -0.1) is 6.58 Å². The zero-order valence-electron chi connectivity index (χ0n) is 6.09. The van der Waals surface area contributed by atoms with Crippen LogP contribution in [0.25, 0.3) is 0 Å². The van der Waals surface area contributed by atoms with E-state index in [4.69, 9.17) is 0 Å². The summed E-state index contributed by atoms with van der Waals surface area (Å²) in [5.74, 6) is 0. The van der Waals surface area contributed by atoms with Gasteiger partial charge >= 0.3 is 0 Å². The fourth-order valence-electron chi connectivity index (χ4n) is 0.466. The van der Waals surface area contributed by atoms with Gasteiger partial charge in [0.1, 0.15) is 0 Å². The van der Waals surface area contributed by atoms with E-state index < -0.39 is 0 Å². The van der Waals surface area contributed by atoms with E-state index in [9.17, 15) is 0 Å². The van der Waals surface area contributed by atoms with Gasteiger partial charge in [0.15, 0.2) is 0 Å². The van der Waals surface area contributed by atoms with Crippen molar-refractivity contribution in [3.05, 3.63) is 25.1 Å². The van der Waals surface area contributed by atoms with Crippen molar-refractivity contribution in [3.63, 3.8) is 0 Å². The van der Waals surface area contributed by atoms with E-state index in [1.807, 2.05) is 37.5 Å². The van der Waals surface area contributed by atoms with Crippen molar-refractivity contribution in [3.8, 4) is 0 Å². The van der Waals surface area contributed by atoms with Gasteiger partial charge in [0.2, 0.25) is 0 Å². The van der Waals surface area contributed by atoms with Crippen molar-refractivity contribution in [1.82, 2.24) is 10.2 Å². The van der Waals surface area contributed by atoms with Gasteiger partial charge in [-0.2, -0.15) is 0 Å². The average Bonchev–Trinajstić information content (AvgIpc) is 1.85. The first-order valence-electron chi connectivity index (χ1n) is 2.96. The van der Waals surface area contributed by atoms with Gasteiger partial charge in [0.25, 0.3) is 0 Å². The Balaban J connectivity index is 3.35. The Kier molecular flexibility index (Phi) is 4.69. The molecule has 0 fully saturated rings. The van der Waals surface area contributed by atoms with Gasteiger partial charge in [-0.1, -0.05) is 6.08 Å². The van der Waals surface area contributed by atoms with Crippen molar-refractivity contribution in [2.75, 3.05) is 20.6 Å². The summed E-state index contributed by atoms with van der Waals surface area (Å²) in [5.41, 5.74) is 0. The lowest BCUT2D eigenvalue weighted by Crippen LogP contribution is -2.10. The number of rotatable bonds is 4. The minimum Gasteiger partial charge on any atom is -0.393 e. The Morgan fingerprint density at radius 1 is 1.67 bits per heavy atom. The highest BCUT2D eigenvalue weighted by Crippen LogP contribution is 1.80. The topological polar surface area (TPSA) is 15.3 Å². The van der Waals surface area contributed by atoms with E-state index in [-0.39, 0.29) is 0 Å². The molecule has 0 spiro atoms. The lowest BCUT2D eigenvalue weighted by Gasteiger charge is -2.08. The van der Waals surface area contributed by atoms with Gasteiger partial charge < -0.3 is 10.2 Å². The molecule has 0 radical (unpaired) electrons. The third kappa shape index (κ3) is 4.94. The maximum absolute atomic E-state index is 3.61. The van der Waals surface area contributed by atoms with Crippen LogP contribution in [0.5, 0.6) is 0 Å². The van der Waals surface area contributed by atoms with Crippen LogP contribution in [0.2, 0.25) is 0 Å². The van der Waals surface area contributed by atoms with Crippen LogP contribution in [0.3, 0.4) is 0 Å². The van der Waals surface area contributed by atoms with Crippen LogP contribution in [0.4, 0.5) is 0 Å². The molecule has 0 aromatic rings. The summed E-state index contributed by atoms with van der Waals surface area (Å²) in [6, 6.07) is 0. The molecule has 52 valence electrons. The number of hydrogen-bond donors (Lipinski definition) is 1. The summed E-state index contributed by atoms with van der Waals surface area (Å²) in [4.78, 5) is 2.03. The first kappa shape index (κ1) is 8.08. The van der Waals surface area contributed by atoms with Gasteiger partial charge in [-0.3, -0.25) is 0 Å². The van der Waals surface area contributed by atoms with Crippen LogP contribution in [-0.2, 0) is 0 Å². The van der Waals surface area contributed by atoms with Crippen LogP contribution in [0.15, 0.2) is 25.1 Å². The molecule has 0 aliphatic rings. The quantitative estimate of drug-likeness (QED) is 0.560. The molecule has 0 saturated heterocycles. The van der Waals surface area contributed by atoms with Gasteiger partial charge in [-0.05, 0) is 0 Å². The van der Waals surface area contributed by atoms with Crippen molar-refractivity contribution in [2.24, 2.45) is 0 Å².